The molecule has 0 amide bonds. The maximum Gasteiger partial charge on any atom is 0.152 e. The minimum Gasteiger partial charge on any atom is -0.487 e. The molecule has 0 aromatic carbocycles. The molecule has 104 valence electrons. The molecule has 3 heterocycles. The number of ether oxygens (including phenoxy) is 3. The van der Waals surface area contributed by atoms with Gasteiger partial charge in [0.2, 0.25) is 0 Å². The quantitative estimate of drug-likeness (QED) is 0.783. The molecule has 4 nitrogen and oxygen atoms in total. The highest BCUT2D eigenvalue weighted by atomic mass is 79.9. The number of halogens is 1. The highest BCUT2D eigenvalue weighted by Crippen LogP contribution is 2.36. The standard InChI is InChI=1S/C14H18BrNO3/c15-13-12(2-1-6-16-13)19-11-3-7-18-14(10-11)4-8-17-9-5-14/h1-2,6,11H,3-5,7-10H2. The van der Waals surface area contributed by atoms with Crippen LogP contribution in [0, 0.1) is 0 Å². The van der Waals surface area contributed by atoms with Crippen LogP contribution in [0.25, 0.3) is 0 Å². The highest BCUT2D eigenvalue weighted by Gasteiger charge is 2.40. The molecule has 0 aliphatic carbocycles. The van der Waals surface area contributed by atoms with Crippen molar-refractivity contribution in [3.63, 3.8) is 0 Å². The Morgan fingerprint density at radius 1 is 1.32 bits per heavy atom. The second-order valence-corrected chi connectivity index (χ2v) is 5.92. The summed E-state index contributed by atoms with van der Waals surface area (Å²) in [6.07, 6.45) is 5.78. The molecule has 19 heavy (non-hydrogen) atoms. The first kappa shape index (κ1) is 13.3. The van der Waals surface area contributed by atoms with Crippen molar-refractivity contribution in [2.24, 2.45) is 0 Å². The van der Waals surface area contributed by atoms with Crippen LogP contribution in [0.2, 0.25) is 0 Å². The number of hydrogen-bond donors (Lipinski definition) is 0. The van der Waals surface area contributed by atoms with Gasteiger partial charge in [-0.3, -0.25) is 0 Å². The van der Waals surface area contributed by atoms with Crippen LogP contribution in [0.1, 0.15) is 25.7 Å². The van der Waals surface area contributed by atoms with E-state index in [9.17, 15) is 0 Å². The molecule has 2 aliphatic heterocycles. The maximum atomic E-state index is 6.08. The number of rotatable bonds is 2. The molecule has 0 saturated carbocycles. The van der Waals surface area contributed by atoms with Crippen molar-refractivity contribution >= 4 is 15.9 Å². The Hall–Kier alpha value is -0.650. The lowest BCUT2D eigenvalue weighted by Gasteiger charge is -2.43. The first-order valence-corrected chi connectivity index (χ1v) is 7.56. The van der Waals surface area contributed by atoms with E-state index in [1.807, 2.05) is 12.1 Å². The second-order valence-electron chi connectivity index (χ2n) is 5.17. The van der Waals surface area contributed by atoms with Crippen LogP contribution in [-0.4, -0.2) is 36.5 Å². The molecule has 0 N–H and O–H groups in total. The van der Waals surface area contributed by atoms with Gasteiger partial charge in [0.15, 0.2) is 5.75 Å². The molecule has 0 radical (unpaired) electrons. The third-order valence-corrected chi connectivity index (χ3v) is 4.47. The number of nitrogens with zero attached hydrogens (tertiary/aromatic N) is 1. The van der Waals surface area contributed by atoms with Gasteiger partial charge in [-0.2, -0.15) is 0 Å². The van der Waals surface area contributed by atoms with Crippen LogP contribution < -0.4 is 4.74 Å². The largest absolute Gasteiger partial charge is 0.487 e. The van der Waals surface area contributed by atoms with Gasteiger partial charge in [0, 0.05) is 32.3 Å². The van der Waals surface area contributed by atoms with E-state index in [0.29, 0.717) is 0 Å². The average Bonchev–Trinajstić information content (AvgIpc) is 2.42. The van der Waals surface area contributed by atoms with Gasteiger partial charge >= 0.3 is 0 Å². The second kappa shape index (κ2) is 5.77. The van der Waals surface area contributed by atoms with Gasteiger partial charge in [0.1, 0.15) is 10.7 Å². The van der Waals surface area contributed by atoms with Crippen LogP contribution in [0.15, 0.2) is 22.9 Å². The molecule has 2 aliphatic rings. The molecule has 5 heteroatoms. The van der Waals surface area contributed by atoms with E-state index in [0.717, 1.165) is 55.9 Å². The molecule has 0 bridgehead atoms. The van der Waals surface area contributed by atoms with Crippen LogP contribution in [0.3, 0.4) is 0 Å². The lowest BCUT2D eigenvalue weighted by atomic mass is 9.85. The fraction of sp³-hybridized carbons (Fsp3) is 0.643. The lowest BCUT2D eigenvalue weighted by Crippen LogP contribution is -2.47. The Labute approximate surface area is 121 Å². The predicted molar refractivity (Wildman–Crippen MR) is 74.3 cm³/mol. The Bertz CT molecular complexity index is 429. The van der Waals surface area contributed by atoms with Crippen molar-refractivity contribution in [2.45, 2.75) is 37.4 Å². The zero-order chi connectivity index (χ0) is 13.1. The summed E-state index contributed by atoms with van der Waals surface area (Å²) in [7, 11) is 0. The van der Waals surface area contributed by atoms with Crippen molar-refractivity contribution in [3.8, 4) is 5.75 Å². The molecular formula is C14H18BrNO3. The Kier molecular flexibility index (Phi) is 4.05. The van der Waals surface area contributed by atoms with Gasteiger partial charge in [-0.25, -0.2) is 4.98 Å². The lowest BCUT2D eigenvalue weighted by molar-refractivity contribution is -0.155. The van der Waals surface area contributed by atoms with Crippen molar-refractivity contribution in [1.82, 2.24) is 4.98 Å². The summed E-state index contributed by atoms with van der Waals surface area (Å²) in [5.74, 6) is 0.816. The van der Waals surface area contributed by atoms with E-state index in [1.54, 1.807) is 6.20 Å². The van der Waals surface area contributed by atoms with E-state index >= 15 is 0 Å². The SMILES string of the molecule is Brc1ncccc1OC1CCOC2(CCOCC2)C1. The molecule has 1 unspecified atom stereocenters. The van der Waals surface area contributed by atoms with Crippen LogP contribution in [-0.2, 0) is 9.47 Å². The summed E-state index contributed by atoms with van der Waals surface area (Å²) in [5, 5.41) is 0. The molecule has 2 saturated heterocycles. The number of hydrogen-bond acceptors (Lipinski definition) is 4. The Morgan fingerprint density at radius 3 is 2.95 bits per heavy atom. The molecule has 1 aromatic rings. The van der Waals surface area contributed by atoms with E-state index in [4.69, 9.17) is 14.2 Å². The number of aromatic nitrogens is 1. The van der Waals surface area contributed by atoms with Crippen molar-refractivity contribution in [2.75, 3.05) is 19.8 Å². The normalized spacial score (nSPS) is 26.3. The molecule has 1 atom stereocenters. The van der Waals surface area contributed by atoms with Crippen LogP contribution >= 0.6 is 15.9 Å². The summed E-state index contributed by atoms with van der Waals surface area (Å²) < 4.78 is 18.3. The van der Waals surface area contributed by atoms with Crippen LogP contribution in [0.4, 0.5) is 0 Å². The Balaban J connectivity index is 1.67. The zero-order valence-corrected chi connectivity index (χ0v) is 12.4. The molecule has 1 aromatic heterocycles. The van der Waals surface area contributed by atoms with Gasteiger partial charge in [0.25, 0.3) is 0 Å². The average molecular weight is 328 g/mol. The predicted octanol–water partition coefficient (Wildman–Crippen LogP) is 2.95. The Morgan fingerprint density at radius 2 is 2.16 bits per heavy atom. The van der Waals surface area contributed by atoms with E-state index in [-0.39, 0.29) is 11.7 Å². The van der Waals surface area contributed by atoms with Gasteiger partial charge in [-0.15, -0.1) is 0 Å². The first-order valence-electron chi connectivity index (χ1n) is 6.76. The topological polar surface area (TPSA) is 40.6 Å². The molecular weight excluding hydrogens is 310 g/mol. The smallest absolute Gasteiger partial charge is 0.152 e. The summed E-state index contributed by atoms with van der Waals surface area (Å²) in [4.78, 5) is 4.19. The third kappa shape index (κ3) is 3.09. The van der Waals surface area contributed by atoms with Gasteiger partial charge in [-0.1, -0.05) is 0 Å². The zero-order valence-electron chi connectivity index (χ0n) is 10.8. The number of pyridine rings is 1. The summed E-state index contributed by atoms with van der Waals surface area (Å²) in [6.45, 7) is 2.36. The fourth-order valence-corrected chi connectivity index (χ4v) is 3.16. The summed E-state index contributed by atoms with van der Waals surface area (Å²) >= 11 is 3.42. The van der Waals surface area contributed by atoms with Crippen molar-refractivity contribution in [1.29, 1.82) is 0 Å². The summed E-state index contributed by atoms with van der Waals surface area (Å²) in [6, 6.07) is 3.84. The molecule has 1 spiro atoms. The van der Waals surface area contributed by atoms with E-state index < -0.39 is 0 Å². The van der Waals surface area contributed by atoms with Crippen molar-refractivity contribution < 1.29 is 14.2 Å². The van der Waals surface area contributed by atoms with E-state index in [1.165, 1.54) is 0 Å². The van der Waals surface area contributed by atoms with E-state index in [2.05, 4.69) is 20.9 Å². The fourth-order valence-electron chi connectivity index (χ4n) is 2.81. The summed E-state index contributed by atoms with van der Waals surface area (Å²) in [5.41, 5.74) is -0.0319. The van der Waals surface area contributed by atoms with Gasteiger partial charge < -0.3 is 14.2 Å². The van der Waals surface area contributed by atoms with Crippen molar-refractivity contribution in [3.05, 3.63) is 22.9 Å². The van der Waals surface area contributed by atoms with Gasteiger partial charge in [0.05, 0.1) is 12.2 Å². The van der Waals surface area contributed by atoms with Gasteiger partial charge in [-0.05, 0) is 40.9 Å². The van der Waals surface area contributed by atoms with Crippen LogP contribution in [0.5, 0.6) is 5.75 Å². The first-order chi connectivity index (χ1) is 9.27. The molecule has 3 rings (SSSR count). The minimum absolute atomic E-state index is 0.0319. The third-order valence-electron chi connectivity index (χ3n) is 3.87. The highest BCUT2D eigenvalue weighted by molar-refractivity contribution is 9.10. The maximum absolute atomic E-state index is 6.08. The molecule has 2 fully saturated rings. The monoisotopic (exact) mass is 327 g/mol. The minimum atomic E-state index is -0.0319.